The molecule has 90 valence electrons. The molecule has 2 aromatic rings. The number of benzene rings is 1. The number of hydrogen-bond donors (Lipinski definition) is 0. The van der Waals surface area contributed by atoms with Crippen molar-refractivity contribution in [3.63, 3.8) is 0 Å². The predicted molar refractivity (Wildman–Crippen MR) is 68.2 cm³/mol. The molecule has 2 rings (SSSR count). The van der Waals surface area contributed by atoms with Crippen molar-refractivity contribution >= 4 is 22.4 Å². The topological polar surface area (TPSA) is 43.1 Å². The molecule has 3 nitrogen and oxygen atoms in total. The van der Waals surface area contributed by atoms with Crippen molar-refractivity contribution < 1.29 is 8.73 Å². The SMILES string of the molecule is Cc1cc(C[S@](=O)Cc2cccc(Cl)c2)no1. The molecule has 1 aromatic carbocycles. The van der Waals surface area contributed by atoms with Gasteiger partial charge in [-0.25, -0.2) is 0 Å². The van der Waals surface area contributed by atoms with Gasteiger partial charge in [-0.05, 0) is 24.6 Å². The fraction of sp³-hybridized carbons (Fsp3) is 0.250. The Morgan fingerprint density at radius 3 is 2.82 bits per heavy atom. The molecule has 0 aliphatic heterocycles. The van der Waals surface area contributed by atoms with Crippen molar-refractivity contribution in [1.29, 1.82) is 0 Å². The van der Waals surface area contributed by atoms with Crippen molar-refractivity contribution in [2.24, 2.45) is 0 Å². The van der Waals surface area contributed by atoms with Gasteiger partial charge in [-0.3, -0.25) is 4.21 Å². The molecule has 0 amide bonds. The van der Waals surface area contributed by atoms with E-state index in [2.05, 4.69) is 5.16 Å². The molecule has 0 radical (unpaired) electrons. The summed E-state index contributed by atoms with van der Waals surface area (Å²) >= 11 is 5.87. The van der Waals surface area contributed by atoms with Crippen LogP contribution in [0.15, 0.2) is 34.9 Å². The van der Waals surface area contributed by atoms with Crippen LogP contribution in [0, 0.1) is 6.92 Å². The molecule has 0 aliphatic carbocycles. The molecule has 0 bridgehead atoms. The molecule has 1 aromatic heterocycles. The summed E-state index contributed by atoms with van der Waals surface area (Å²) in [6.07, 6.45) is 0. The van der Waals surface area contributed by atoms with Gasteiger partial charge < -0.3 is 4.52 Å². The van der Waals surface area contributed by atoms with Crippen LogP contribution in [-0.2, 0) is 22.3 Å². The minimum absolute atomic E-state index is 0.407. The maximum atomic E-state index is 11.9. The molecular formula is C12H12ClNO2S. The summed E-state index contributed by atoms with van der Waals surface area (Å²) in [4.78, 5) is 0. The lowest BCUT2D eigenvalue weighted by molar-refractivity contribution is 0.392. The Labute approximate surface area is 107 Å². The number of nitrogens with zero attached hydrogens (tertiary/aromatic N) is 1. The first-order chi connectivity index (χ1) is 8.13. The van der Waals surface area contributed by atoms with Gasteiger partial charge in [-0.2, -0.15) is 0 Å². The number of aromatic nitrogens is 1. The van der Waals surface area contributed by atoms with E-state index in [0.29, 0.717) is 16.5 Å². The molecule has 0 saturated carbocycles. The summed E-state index contributed by atoms with van der Waals surface area (Å²) in [5.41, 5.74) is 1.69. The Bertz CT molecular complexity index is 539. The van der Waals surface area contributed by atoms with Gasteiger partial charge in [0.1, 0.15) is 5.76 Å². The maximum Gasteiger partial charge on any atom is 0.133 e. The highest BCUT2D eigenvalue weighted by Crippen LogP contribution is 2.14. The molecule has 0 fully saturated rings. The van der Waals surface area contributed by atoms with E-state index in [9.17, 15) is 4.21 Å². The first kappa shape index (κ1) is 12.3. The predicted octanol–water partition coefficient (Wildman–Crippen LogP) is 3.09. The minimum atomic E-state index is -0.998. The fourth-order valence-corrected chi connectivity index (χ4v) is 2.85. The summed E-state index contributed by atoms with van der Waals surface area (Å²) in [5.74, 6) is 1.62. The molecule has 5 heteroatoms. The molecule has 17 heavy (non-hydrogen) atoms. The lowest BCUT2D eigenvalue weighted by Crippen LogP contribution is -1.99. The van der Waals surface area contributed by atoms with Gasteiger partial charge in [0, 0.05) is 27.6 Å². The van der Waals surface area contributed by atoms with Crippen LogP contribution >= 0.6 is 11.6 Å². The molecule has 0 saturated heterocycles. The maximum absolute atomic E-state index is 11.9. The second-order valence-corrected chi connectivity index (χ2v) is 5.68. The first-order valence-corrected chi connectivity index (χ1v) is 7.02. The number of aryl methyl sites for hydroxylation is 1. The number of halogens is 1. The van der Waals surface area contributed by atoms with Gasteiger partial charge in [-0.1, -0.05) is 28.9 Å². The van der Waals surface area contributed by atoms with E-state index in [-0.39, 0.29) is 0 Å². The average Bonchev–Trinajstić information content (AvgIpc) is 2.63. The Morgan fingerprint density at radius 2 is 2.18 bits per heavy atom. The molecule has 0 aliphatic rings. The largest absolute Gasteiger partial charge is 0.361 e. The third-order valence-corrected chi connectivity index (χ3v) is 3.71. The van der Waals surface area contributed by atoms with E-state index in [1.807, 2.05) is 25.1 Å². The second kappa shape index (κ2) is 5.47. The van der Waals surface area contributed by atoms with Crippen molar-refractivity contribution in [2.75, 3.05) is 0 Å². The molecule has 0 spiro atoms. The van der Waals surface area contributed by atoms with E-state index in [1.165, 1.54) is 0 Å². The van der Waals surface area contributed by atoms with Crippen LogP contribution in [-0.4, -0.2) is 9.37 Å². The highest BCUT2D eigenvalue weighted by molar-refractivity contribution is 7.83. The fourth-order valence-electron chi connectivity index (χ4n) is 1.51. The third kappa shape index (κ3) is 3.68. The lowest BCUT2D eigenvalue weighted by atomic mass is 10.2. The van der Waals surface area contributed by atoms with E-state index in [4.69, 9.17) is 16.1 Å². The van der Waals surface area contributed by atoms with Gasteiger partial charge in [0.2, 0.25) is 0 Å². The van der Waals surface area contributed by atoms with E-state index >= 15 is 0 Å². The molecule has 1 heterocycles. The van der Waals surface area contributed by atoms with Crippen LogP contribution in [0.2, 0.25) is 5.02 Å². The molecule has 1 atom stereocenters. The van der Waals surface area contributed by atoms with Crippen LogP contribution in [0.5, 0.6) is 0 Å². The van der Waals surface area contributed by atoms with Crippen molar-refractivity contribution in [3.8, 4) is 0 Å². The smallest absolute Gasteiger partial charge is 0.133 e. The highest BCUT2D eigenvalue weighted by Gasteiger charge is 2.07. The third-order valence-electron chi connectivity index (χ3n) is 2.20. The molecule has 0 N–H and O–H groups in total. The van der Waals surface area contributed by atoms with Gasteiger partial charge in [0.05, 0.1) is 11.4 Å². The summed E-state index contributed by atoms with van der Waals surface area (Å²) in [6.45, 7) is 1.82. The van der Waals surface area contributed by atoms with Gasteiger partial charge in [0.25, 0.3) is 0 Å². The summed E-state index contributed by atoms with van der Waals surface area (Å²) in [6, 6.07) is 9.20. The normalized spacial score (nSPS) is 12.6. The molecule has 0 unspecified atom stereocenters. The van der Waals surface area contributed by atoms with Gasteiger partial charge in [-0.15, -0.1) is 0 Å². The molecular weight excluding hydrogens is 258 g/mol. The van der Waals surface area contributed by atoms with Crippen molar-refractivity contribution in [3.05, 3.63) is 52.4 Å². The van der Waals surface area contributed by atoms with Crippen LogP contribution in [0.4, 0.5) is 0 Å². The lowest BCUT2D eigenvalue weighted by Gasteiger charge is -2.01. The van der Waals surface area contributed by atoms with Crippen LogP contribution in [0.25, 0.3) is 0 Å². The Kier molecular flexibility index (Phi) is 3.97. The first-order valence-electron chi connectivity index (χ1n) is 5.15. The zero-order valence-corrected chi connectivity index (χ0v) is 10.9. The van der Waals surface area contributed by atoms with Crippen LogP contribution in [0.3, 0.4) is 0 Å². The quantitative estimate of drug-likeness (QED) is 0.857. The van der Waals surface area contributed by atoms with Crippen molar-refractivity contribution in [2.45, 2.75) is 18.4 Å². The summed E-state index contributed by atoms with van der Waals surface area (Å²) < 4.78 is 16.8. The van der Waals surface area contributed by atoms with Crippen LogP contribution in [0.1, 0.15) is 17.0 Å². The Balaban J connectivity index is 1.98. The van der Waals surface area contributed by atoms with E-state index < -0.39 is 10.8 Å². The highest BCUT2D eigenvalue weighted by atomic mass is 35.5. The van der Waals surface area contributed by atoms with Crippen LogP contribution < -0.4 is 0 Å². The standard InChI is InChI=1S/C12H12ClNO2S/c1-9-5-12(14-16-9)8-17(15)7-10-3-2-4-11(13)6-10/h2-6H,7-8H2,1H3/t17-/m1/s1. The summed E-state index contributed by atoms with van der Waals surface area (Å²) in [7, 11) is -0.998. The Morgan fingerprint density at radius 1 is 1.35 bits per heavy atom. The average molecular weight is 270 g/mol. The second-order valence-electron chi connectivity index (χ2n) is 3.79. The zero-order valence-electron chi connectivity index (χ0n) is 9.35. The van der Waals surface area contributed by atoms with E-state index in [1.54, 1.807) is 12.1 Å². The minimum Gasteiger partial charge on any atom is -0.361 e. The zero-order chi connectivity index (χ0) is 12.3. The number of hydrogen-bond acceptors (Lipinski definition) is 3. The number of rotatable bonds is 4. The Hall–Kier alpha value is -1.13. The van der Waals surface area contributed by atoms with Gasteiger partial charge in [0.15, 0.2) is 0 Å². The summed E-state index contributed by atoms with van der Waals surface area (Å²) in [5, 5.41) is 4.48. The monoisotopic (exact) mass is 269 g/mol. The van der Waals surface area contributed by atoms with Gasteiger partial charge >= 0.3 is 0 Å². The van der Waals surface area contributed by atoms with E-state index in [0.717, 1.165) is 17.0 Å². The van der Waals surface area contributed by atoms with Crippen molar-refractivity contribution in [1.82, 2.24) is 5.16 Å².